The van der Waals surface area contributed by atoms with Gasteiger partial charge in [0.25, 0.3) is 0 Å². The van der Waals surface area contributed by atoms with Crippen LogP contribution in [0.5, 0.6) is 0 Å². The maximum atomic E-state index is 0. The minimum absolute atomic E-state index is 0. The molecule has 0 aliphatic heterocycles. The molecule has 1 radical (unpaired) electrons. The molecule has 0 aliphatic rings. The summed E-state index contributed by atoms with van der Waals surface area (Å²) >= 11 is 0. The first-order valence-electron chi connectivity index (χ1n) is 0. The van der Waals surface area contributed by atoms with Crippen LogP contribution in [0, 0.1) is 0 Å². The van der Waals surface area contributed by atoms with Crippen molar-refractivity contribution in [2.45, 2.75) is 22.3 Å². The average molecular weight is 137 g/mol. The number of hydrogen-bond donors (Lipinski definition) is 0. The van der Waals surface area contributed by atoms with Crippen LogP contribution < -0.4 is 0 Å². The maximum Gasteiger partial charge on any atom is 0 e. The Kier molecular flexibility index (Phi) is 572. The van der Waals surface area contributed by atoms with Gasteiger partial charge in [-0.2, -0.15) is 0 Å². The molecule has 0 saturated carbocycles. The molecule has 4 heavy (non-hydrogen) atoms. The van der Waals surface area contributed by atoms with Crippen LogP contribution in [0.3, 0.4) is 0 Å². The van der Waals surface area contributed by atoms with Crippen LogP contribution in [0.4, 0.5) is 0 Å². The van der Waals surface area contributed by atoms with E-state index in [0.717, 1.165) is 0 Å². The van der Waals surface area contributed by atoms with E-state index in [0.29, 0.717) is 0 Å². The van der Waals surface area contributed by atoms with Crippen molar-refractivity contribution in [2.24, 2.45) is 0 Å². The summed E-state index contributed by atoms with van der Waals surface area (Å²) < 4.78 is 0. The Morgan fingerprint density at radius 2 is 0.500 bits per heavy atom. The van der Waals surface area contributed by atoms with Crippen molar-refractivity contribution in [3.05, 3.63) is 0 Å². The zero-order valence-corrected chi connectivity index (χ0v) is 3.42. The second-order valence-electron chi connectivity index (χ2n) is 0. The van der Waals surface area contributed by atoms with Crippen molar-refractivity contribution in [3.8, 4) is 0 Å². The molecule has 0 rings (SSSR count). The molecule has 0 bridgehead atoms. The van der Waals surface area contributed by atoms with Gasteiger partial charge in [-0.1, -0.05) is 22.3 Å². The first kappa shape index (κ1) is 70.5. The molecule has 0 aromatic carbocycles. The van der Waals surface area contributed by atoms with E-state index in [4.69, 9.17) is 0 Å². The predicted molar refractivity (Wildman–Crippen MR) is 20.2 cm³/mol. The molecular weight excluding hydrogens is 125 g/mol. The quantitative estimate of drug-likeness (QED) is 0.478. The SMILES string of the molecule is C.C.C.[Y]. The summed E-state index contributed by atoms with van der Waals surface area (Å²) in [7, 11) is 0. The Labute approximate surface area is 54.9 Å². The second-order valence-corrected chi connectivity index (χ2v) is 0. The maximum absolute atomic E-state index is 0. The first-order chi connectivity index (χ1) is 0. The van der Waals surface area contributed by atoms with Crippen LogP contribution >= 0.6 is 0 Å². The van der Waals surface area contributed by atoms with Gasteiger partial charge in [0.15, 0.2) is 0 Å². The fourth-order valence-corrected chi connectivity index (χ4v) is 0. The Morgan fingerprint density at radius 3 is 0.500 bits per heavy atom. The molecule has 0 aromatic rings. The normalized spacial score (nSPS) is 0. The van der Waals surface area contributed by atoms with Crippen LogP contribution in [-0.2, 0) is 32.7 Å². The largest absolute Gasteiger partial charge is 0.0776 e. The van der Waals surface area contributed by atoms with Gasteiger partial charge < -0.3 is 0 Å². The minimum Gasteiger partial charge on any atom is -0.0776 e. The molecule has 0 fully saturated rings. The summed E-state index contributed by atoms with van der Waals surface area (Å²) in [6.07, 6.45) is 0. The van der Waals surface area contributed by atoms with Gasteiger partial charge in [-0.25, -0.2) is 0 Å². The van der Waals surface area contributed by atoms with Crippen LogP contribution in [0.25, 0.3) is 0 Å². The summed E-state index contributed by atoms with van der Waals surface area (Å²) in [5.41, 5.74) is 0. The Bertz CT molecular complexity index is 3.25. The molecule has 0 saturated heterocycles. The fourth-order valence-electron chi connectivity index (χ4n) is 0. The van der Waals surface area contributed by atoms with E-state index >= 15 is 0 Å². The van der Waals surface area contributed by atoms with E-state index < -0.39 is 0 Å². The van der Waals surface area contributed by atoms with Gasteiger partial charge in [-0.15, -0.1) is 0 Å². The molecule has 0 amide bonds. The van der Waals surface area contributed by atoms with E-state index in [9.17, 15) is 0 Å². The standard InChI is InChI=1S/3CH4.Y/h3*1H4;. The van der Waals surface area contributed by atoms with E-state index in [1.54, 1.807) is 0 Å². The first-order valence-corrected chi connectivity index (χ1v) is 0. The molecule has 0 aromatic heterocycles. The third kappa shape index (κ3) is 11.3. The smallest absolute Gasteiger partial charge is 0 e. The van der Waals surface area contributed by atoms with Crippen LogP contribution in [-0.4, -0.2) is 0 Å². The molecule has 0 nitrogen and oxygen atoms in total. The van der Waals surface area contributed by atoms with Gasteiger partial charge in [0, 0.05) is 32.7 Å². The van der Waals surface area contributed by atoms with Gasteiger partial charge in [0.05, 0.1) is 0 Å². The van der Waals surface area contributed by atoms with Crippen molar-refractivity contribution >= 4 is 0 Å². The zero-order chi connectivity index (χ0) is 0. The van der Waals surface area contributed by atoms with Crippen molar-refractivity contribution < 1.29 is 32.7 Å². The molecule has 0 unspecified atom stereocenters. The van der Waals surface area contributed by atoms with Crippen molar-refractivity contribution in [1.82, 2.24) is 0 Å². The van der Waals surface area contributed by atoms with Crippen molar-refractivity contribution in [1.29, 1.82) is 0 Å². The number of hydrogen-bond acceptors (Lipinski definition) is 0. The van der Waals surface area contributed by atoms with Gasteiger partial charge >= 0.3 is 0 Å². The predicted octanol–water partition coefficient (Wildman–Crippen LogP) is 1.91. The van der Waals surface area contributed by atoms with Gasteiger partial charge in [0.2, 0.25) is 0 Å². The molecule has 1 heteroatoms. The Morgan fingerprint density at radius 1 is 0.500 bits per heavy atom. The third-order valence-electron chi connectivity index (χ3n) is 0. The van der Waals surface area contributed by atoms with Gasteiger partial charge in [-0.05, 0) is 0 Å². The zero-order valence-electron chi connectivity index (χ0n) is 0.577. The summed E-state index contributed by atoms with van der Waals surface area (Å²) in [4.78, 5) is 0. The van der Waals surface area contributed by atoms with E-state index in [2.05, 4.69) is 0 Å². The monoisotopic (exact) mass is 137 g/mol. The van der Waals surface area contributed by atoms with Crippen LogP contribution in [0.15, 0.2) is 0 Å². The molecule has 0 N–H and O–H groups in total. The van der Waals surface area contributed by atoms with Crippen LogP contribution in [0.1, 0.15) is 22.3 Å². The average Bonchev–Trinajstić information content (AvgIpc) is 0. The van der Waals surface area contributed by atoms with Crippen molar-refractivity contribution in [3.63, 3.8) is 0 Å². The molecule has 0 spiro atoms. The van der Waals surface area contributed by atoms with E-state index in [1.165, 1.54) is 0 Å². The fraction of sp³-hybridized carbons (Fsp3) is 1.00. The third-order valence-corrected chi connectivity index (χ3v) is 0. The van der Waals surface area contributed by atoms with Crippen LogP contribution in [0.2, 0.25) is 0 Å². The van der Waals surface area contributed by atoms with Gasteiger partial charge in [-0.3, -0.25) is 0 Å². The summed E-state index contributed by atoms with van der Waals surface area (Å²) in [5.74, 6) is 0. The minimum atomic E-state index is 0. The second kappa shape index (κ2) is 32.4. The topological polar surface area (TPSA) is 0 Å². The number of rotatable bonds is 0. The van der Waals surface area contributed by atoms with E-state index in [1.807, 2.05) is 0 Å². The van der Waals surface area contributed by atoms with Gasteiger partial charge in [0.1, 0.15) is 0 Å². The molecular formula is C3H12Y. The summed E-state index contributed by atoms with van der Waals surface area (Å²) in [5, 5.41) is 0. The molecule has 27 valence electrons. The molecule has 0 heterocycles. The molecule has 0 aliphatic carbocycles. The summed E-state index contributed by atoms with van der Waals surface area (Å²) in [6.45, 7) is 0. The van der Waals surface area contributed by atoms with E-state index in [-0.39, 0.29) is 55.0 Å². The Balaban J connectivity index is 0. The molecule has 0 atom stereocenters. The van der Waals surface area contributed by atoms with Crippen molar-refractivity contribution in [2.75, 3.05) is 0 Å². The Hall–Kier alpha value is 1.10. The summed E-state index contributed by atoms with van der Waals surface area (Å²) in [6, 6.07) is 0.